The normalized spacial score (nSPS) is 43.4. The molecule has 2 nitrogen and oxygen atoms in total. The molecular weight excluding hydrogens is 402 g/mol. The predicted octanol–water partition coefficient (Wildman–Crippen LogP) is 7.38. The van der Waals surface area contributed by atoms with Crippen molar-refractivity contribution in [3.05, 3.63) is 22.8 Å². The predicted molar refractivity (Wildman–Crippen MR) is 139 cm³/mol. The summed E-state index contributed by atoms with van der Waals surface area (Å²) in [4.78, 5) is 2.78. The first-order valence-corrected chi connectivity index (χ1v) is 14.2. The summed E-state index contributed by atoms with van der Waals surface area (Å²) in [5, 5.41) is 10.8. The molecule has 0 aromatic carbocycles. The molecule has 0 aromatic heterocycles. The van der Waals surface area contributed by atoms with Gasteiger partial charge in [0, 0.05) is 13.1 Å². The maximum absolute atomic E-state index is 10.8. The van der Waals surface area contributed by atoms with E-state index in [0.29, 0.717) is 22.2 Å². The van der Waals surface area contributed by atoms with Gasteiger partial charge in [0.05, 0.1) is 6.10 Å². The number of nitrogens with zero attached hydrogens (tertiary/aromatic N) is 1. The van der Waals surface area contributed by atoms with E-state index in [1.165, 1.54) is 71.0 Å². The number of allylic oxidation sites excluding steroid dienone is 4. The van der Waals surface area contributed by atoms with Crippen molar-refractivity contribution in [1.29, 1.82) is 0 Å². The lowest BCUT2D eigenvalue weighted by Crippen LogP contribution is -2.53. The first-order valence-electron chi connectivity index (χ1n) is 14.2. The lowest BCUT2D eigenvalue weighted by atomic mass is 9.46. The Labute approximate surface area is 204 Å². The minimum Gasteiger partial charge on any atom is -0.393 e. The molecule has 5 aliphatic rings. The number of piperidine rings is 1. The van der Waals surface area contributed by atoms with E-state index >= 15 is 0 Å². The summed E-state index contributed by atoms with van der Waals surface area (Å²) in [6.45, 7) is 21.2. The van der Waals surface area contributed by atoms with Gasteiger partial charge in [-0.1, -0.05) is 60.1 Å². The van der Waals surface area contributed by atoms with Crippen LogP contribution < -0.4 is 0 Å². The molecule has 0 unspecified atom stereocenters. The standard InChI is InChI=1S/C31H51NO/c1-21(19-32-18-8-15-28(2,3)20-32)23-10-11-24-22-9-12-26-29(4,5)27(33)14-17-31(26,7)25(22)13-16-30(23,24)6/h11,21,23,26-27,33H,8-10,12-20H2,1-7H3/t21-,23+,26-,27-,30+,31+/m0/s1. The van der Waals surface area contributed by atoms with Crippen LogP contribution in [0.5, 0.6) is 0 Å². The Kier molecular flexibility index (Phi) is 5.81. The average Bonchev–Trinajstić information content (AvgIpc) is 3.08. The summed E-state index contributed by atoms with van der Waals surface area (Å²) in [5.41, 5.74) is 6.51. The molecule has 1 heterocycles. The number of fused-ring (bicyclic) bond motifs is 4. The van der Waals surface area contributed by atoms with Gasteiger partial charge in [0.25, 0.3) is 0 Å². The Hall–Kier alpha value is -0.600. The van der Waals surface area contributed by atoms with Crippen LogP contribution in [-0.2, 0) is 0 Å². The lowest BCUT2D eigenvalue weighted by molar-refractivity contribution is -0.0905. The highest BCUT2D eigenvalue weighted by Crippen LogP contribution is 2.66. The minimum absolute atomic E-state index is 0.0373. The van der Waals surface area contributed by atoms with Crippen molar-refractivity contribution in [1.82, 2.24) is 4.90 Å². The molecule has 5 rings (SSSR count). The van der Waals surface area contributed by atoms with Crippen molar-refractivity contribution in [2.75, 3.05) is 19.6 Å². The molecular formula is C31H51NO. The third-order valence-corrected chi connectivity index (χ3v) is 11.6. The van der Waals surface area contributed by atoms with Gasteiger partial charge in [-0.25, -0.2) is 0 Å². The Morgan fingerprint density at radius 3 is 2.48 bits per heavy atom. The quantitative estimate of drug-likeness (QED) is 0.482. The Morgan fingerprint density at radius 1 is 1.00 bits per heavy atom. The van der Waals surface area contributed by atoms with E-state index in [9.17, 15) is 5.11 Å². The van der Waals surface area contributed by atoms with Crippen LogP contribution >= 0.6 is 0 Å². The van der Waals surface area contributed by atoms with Crippen LogP contribution in [-0.4, -0.2) is 35.7 Å². The maximum atomic E-state index is 10.8. The van der Waals surface area contributed by atoms with Crippen LogP contribution in [0.2, 0.25) is 0 Å². The monoisotopic (exact) mass is 453 g/mol. The minimum atomic E-state index is -0.137. The van der Waals surface area contributed by atoms with Crippen molar-refractivity contribution < 1.29 is 5.11 Å². The smallest absolute Gasteiger partial charge is 0.0594 e. The van der Waals surface area contributed by atoms with Crippen molar-refractivity contribution in [3.63, 3.8) is 0 Å². The summed E-state index contributed by atoms with van der Waals surface area (Å²) >= 11 is 0. The summed E-state index contributed by atoms with van der Waals surface area (Å²) in [6.07, 6.45) is 13.9. The number of aliphatic hydroxyl groups is 1. The van der Waals surface area contributed by atoms with Gasteiger partial charge >= 0.3 is 0 Å². The number of likely N-dealkylation sites (tertiary alicyclic amines) is 1. The molecule has 2 fully saturated rings. The van der Waals surface area contributed by atoms with Crippen LogP contribution in [0.15, 0.2) is 22.8 Å². The van der Waals surface area contributed by atoms with E-state index in [-0.39, 0.29) is 11.5 Å². The topological polar surface area (TPSA) is 23.5 Å². The van der Waals surface area contributed by atoms with Crippen molar-refractivity contribution in [3.8, 4) is 0 Å². The Morgan fingerprint density at radius 2 is 1.76 bits per heavy atom. The number of rotatable bonds is 3. The van der Waals surface area contributed by atoms with Crippen LogP contribution in [0.25, 0.3) is 0 Å². The molecule has 4 aliphatic carbocycles. The van der Waals surface area contributed by atoms with E-state index in [2.05, 4.69) is 59.4 Å². The van der Waals surface area contributed by atoms with Crippen LogP contribution in [0.3, 0.4) is 0 Å². The molecule has 0 amide bonds. The lowest BCUT2D eigenvalue weighted by Gasteiger charge is -2.59. The van der Waals surface area contributed by atoms with Crippen LogP contribution in [0.1, 0.15) is 106 Å². The zero-order chi connectivity index (χ0) is 23.8. The zero-order valence-electron chi connectivity index (χ0n) is 22.8. The van der Waals surface area contributed by atoms with E-state index in [4.69, 9.17) is 0 Å². The molecule has 1 saturated carbocycles. The summed E-state index contributed by atoms with van der Waals surface area (Å²) in [6, 6.07) is 0. The average molecular weight is 454 g/mol. The number of aliphatic hydroxyl groups excluding tert-OH is 1. The van der Waals surface area contributed by atoms with E-state index in [1.54, 1.807) is 16.7 Å². The highest BCUT2D eigenvalue weighted by atomic mass is 16.3. The summed E-state index contributed by atoms with van der Waals surface area (Å²) < 4.78 is 0. The molecule has 1 saturated heterocycles. The zero-order valence-corrected chi connectivity index (χ0v) is 22.8. The van der Waals surface area contributed by atoms with Crippen molar-refractivity contribution in [2.45, 2.75) is 112 Å². The summed E-state index contributed by atoms with van der Waals surface area (Å²) in [7, 11) is 0. The fourth-order valence-electron chi connectivity index (χ4n) is 9.81. The van der Waals surface area contributed by atoms with Gasteiger partial charge < -0.3 is 10.0 Å². The van der Waals surface area contributed by atoms with Crippen molar-refractivity contribution in [2.24, 2.45) is 39.4 Å². The molecule has 0 spiro atoms. The Balaban J connectivity index is 1.37. The third-order valence-electron chi connectivity index (χ3n) is 11.6. The third kappa shape index (κ3) is 3.72. The highest BCUT2D eigenvalue weighted by molar-refractivity contribution is 5.49. The fourth-order valence-corrected chi connectivity index (χ4v) is 9.81. The fraction of sp³-hybridized carbons (Fsp3) is 0.871. The second kappa shape index (κ2) is 7.95. The highest BCUT2D eigenvalue weighted by Gasteiger charge is 2.57. The van der Waals surface area contributed by atoms with E-state index < -0.39 is 0 Å². The first-order chi connectivity index (χ1) is 15.4. The first kappa shape index (κ1) is 24.1. The number of hydrogen-bond acceptors (Lipinski definition) is 2. The molecule has 0 aromatic rings. The molecule has 0 bridgehead atoms. The second-order valence-electron chi connectivity index (χ2n) is 14.7. The van der Waals surface area contributed by atoms with Crippen LogP contribution in [0.4, 0.5) is 0 Å². The van der Waals surface area contributed by atoms with Gasteiger partial charge in [0.15, 0.2) is 0 Å². The van der Waals surface area contributed by atoms with Gasteiger partial charge in [-0.2, -0.15) is 0 Å². The molecule has 1 aliphatic heterocycles. The van der Waals surface area contributed by atoms with Gasteiger partial charge in [-0.05, 0) is 115 Å². The summed E-state index contributed by atoms with van der Waals surface area (Å²) in [5.74, 6) is 2.17. The van der Waals surface area contributed by atoms with E-state index in [0.717, 1.165) is 18.3 Å². The maximum Gasteiger partial charge on any atom is 0.0594 e. The second-order valence-corrected chi connectivity index (χ2v) is 14.7. The van der Waals surface area contributed by atoms with Crippen LogP contribution in [0, 0.1) is 39.4 Å². The number of hydrogen-bond donors (Lipinski definition) is 1. The van der Waals surface area contributed by atoms with Gasteiger partial charge in [0.2, 0.25) is 0 Å². The van der Waals surface area contributed by atoms with Gasteiger partial charge in [-0.15, -0.1) is 0 Å². The molecule has 33 heavy (non-hydrogen) atoms. The molecule has 1 N–H and O–H groups in total. The molecule has 0 radical (unpaired) electrons. The van der Waals surface area contributed by atoms with Gasteiger partial charge in [-0.3, -0.25) is 0 Å². The SMILES string of the molecule is C[C@@H](CN1CCCC(C)(C)C1)[C@H]1CC=C2C3=C(CC[C@@]21C)[C@@]1(C)CC[C@H](O)C(C)(C)[C@@H]1CC3. The van der Waals surface area contributed by atoms with E-state index in [1.807, 2.05) is 0 Å². The largest absolute Gasteiger partial charge is 0.393 e. The van der Waals surface area contributed by atoms with Gasteiger partial charge in [0.1, 0.15) is 0 Å². The molecule has 2 heteroatoms. The Bertz CT molecular complexity index is 849. The molecule has 6 atom stereocenters. The van der Waals surface area contributed by atoms with Crippen molar-refractivity contribution >= 4 is 0 Å². The molecule has 186 valence electrons.